The minimum absolute atomic E-state index is 0.00450. The van der Waals surface area contributed by atoms with E-state index >= 15 is 0 Å². The summed E-state index contributed by atoms with van der Waals surface area (Å²) in [6.07, 6.45) is 0.855. The van der Waals surface area contributed by atoms with Gasteiger partial charge in [-0.05, 0) is 25.1 Å². The van der Waals surface area contributed by atoms with E-state index in [0.29, 0.717) is 22.9 Å². The van der Waals surface area contributed by atoms with Crippen LogP contribution in [-0.2, 0) is 4.79 Å². The molecule has 0 spiro atoms. The number of amides is 1. The molecule has 0 saturated carbocycles. The van der Waals surface area contributed by atoms with E-state index in [0.717, 1.165) is 13.0 Å². The van der Waals surface area contributed by atoms with Crippen molar-refractivity contribution in [2.45, 2.75) is 6.42 Å². The van der Waals surface area contributed by atoms with Crippen LogP contribution in [0.25, 0.3) is 11.3 Å². The summed E-state index contributed by atoms with van der Waals surface area (Å²) < 4.78 is 13.2. The van der Waals surface area contributed by atoms with Crippen molar-refractivity contribution in [1.82, 2.24) is 10.3 Å². The summed E-state index contributed by atoms with van der Waals surface area (Å²) >= 11 is 1.35. The number of hydrogen-bond donors (Lipinski definition) is 2. The van der Waals surface area contributed by atoms with Gasteiger partial charge in [-0.1, -0.05) is 12.1 Å². The summed E-state index contributed by atoms with van der Waals surface area (Å²) in [5.41, 5.74) is 1.39. The van der Waals surface area contributed by atoms with Crippen LogP contribution in [0.5, 0.6) is 0 Å². The van der Waals surface area contributed by atoms with Gasteiger partial charge in [0, 0.05) is 17.5 Å². The fourth-order valence-corrected chi connectivity index (χ4v) is 2.92. The molecule has 104 valence electrons. The lowest BCUT2D eigenvalue weighted by atomic mass is 10.1. The number of carbonyl (C=O) groups is 1. The van der Waals surface area contributed by atoms with E-state index < -0.39 is 0 Å². The Morgan fingerprint density at radius 2 is 2.40 bits per heavy atom. The molecule has 1 fully saturated rings. The van der Waals surface area contributed by atoms with Gasteiger partial charge in [0.1, 0.15) is 5.82 Å². The number of carbonyl (C=O) groups excluding carboxylic acids is 1. The summed E-state index contributed by atoms with van der Waals surface area (Å²) in [6.45, 7) is 1.60. The van der Waals surface area contributed by atoms with Gasteiger partial charge in [0.25, 0.3) is 0 Å². The molecule has 2 N–H and O–H groups in total. The highest BCUT2D eigenvalue weighted by Gasteiger charge is 2.23. The van der Waals surface area contributed by atoms with Gasteiger partial charge >= 0.3 is 0 Å². The van der Waals surface area contributed by atoms with Crippen LogP contribution in [-0.4, -0.2) is 24.0 Å². The maximum atomic E-state index is 13.2. The molecule has 2 heterocycles. The molecule has 1 unspecified atom stereocenters. The molecule has 1 saturated heterocycles. The van der Waals surface area contributed by atoms with Gasteiger partial charge in [0.2, 0.25) is 5.91 Å². The highest BCUT2D eigenvalue weighted by molar-refractivity contribution is 7.14. The van der Waals surface area contributed by atoms with Gasteiger partial charge in [-0.15, -0.1) is 11.3 Å². The molecular weight excluding hydrogens is 277 g/mol. The van der Waals surface area contributed by atoms with Gasteiger partial charge in [0.15, 0.2) is 5.13 Å². The number of rotatable bonds is 3. The molecule has 1 amide bonds. The van der Waals surface area contributed by atoms with Gasteiger partial charge in [-0.25, -0.2) is 9.37 Å². The normalized spacial score (nSPS) is 18.1. The number of anilines is 1. The van der Waals surface area contributed by atoms with Crippen LogP contribution >= 0.6 is 11.3 Å². The zero-order chi connectivity index (χ0) is 13.9. The molecule has 1 aromatic carbocycles. The molecule has 1 atom stereocenters. The van der Waals surface area contributed by atoms with Crippen molar-refractivity contribution in [2.24, 2.45) is 5.92 Å². The topological polar surface area (TPSA) is 54.0 Å². The predicted molar refractivity (Wildman–Crippen MR) is 77.1 cm³/mol. The van der Waals surface area contributed by atoms with E-state index in [-0.39, 0.29) is 17.6 Å². The molecule has 4 nitrogen and oxygen atoms in total. The van der Waals surface area contributed by atoms with Crippen LogP contribution < -0.4 is 10.6 Å². The molecular formula is C14H14FN3OS. The number of nitrogens with zero attached hydrogens (tertiary/aromatic N) is 1. The summed E-state index contributed by atoms with van der Waals surface area (Å²) in [4.78, 5) is 16.3. The lowest BCUT2D eigenvalue weighted by Gasteiger charge is -2.06. The van der Waals surface area contributed by atoms with Crippen molar-refractivity contribution in [3.8, 4) is 11.3 Å². The van der Waals surface area contributed by atoms with Gasteiger partial charge in [-0.2, -0.15) is 0 Å². The van der Waals surface area contributed by atoms with Crippen molar-refractivity contribution in [3.63, 3.8) is 0 Å². The fraction of sp³-hybridized carbons (Fsp3) is 0.286. The third-order valence-electron chi connectivity index (χ3n) is 3.29. The Morgan fingerprint density at radius 1 is 1.50 bits per heavy atom. The first-order valence-electron chi connectivity index (χ1n) is 6.45. The largest absolute Gasteiger partial charge is 0.316 e. The van der Waals surface area contributed by atoms with Crippen molar-refractivity contribution in [2.75, 3.05) is 18.4 Å². The Balaban J connectivity index is 1.72. The van der Waals surface area contributed by atoms with Crippen LogP contribution in [0.1, 0.15) is 6.42 Å². The lowest BCUT2D eigenvalue weighted by Crippen LogP contribution is -2.24. The second-order valence-electron chi connectivity index (χ2n) is 4.73. The highest BCUT2D eigenvalue weighted by Crippen LogP contribution is 2.25. The predicted octanol–water partition coefficient (Wildman–Crippen LogP) is 2.50. The van der Waals surface area contributed by atoms with Crippen LogP contribution in [0.3, 0.4) is 0 Å². The van der Waals surface area contributed by atoms with Crippen molar-refractivity contribution >= 4 is 22.4 Å². The summed E-state index contributed by atoms with van der Waals surface area (Å²) in [7, 11) is 0. The quantitative estimate of drug-likeness (QED) is 0.913. The van der Waals surface area contributed by atoms with Crippen LogP contribution in [0, 0.1) is 11.7 Å². The number of thiazole rings is 1. The first-order valence-corrected chi connectivity index (χ1v) is 7.33. The van der Waals surface area contributed by atoms with E-state index in [1.165, 1.54) is 23.5 Å². The highest BCUT2D eigenvalue weighted by atomic mass is 32.1. The molecule has 1 aliphatic rings. The third kappa shape index (κ3) is 2.86. The third-order valence-corrected chi connectivity index (χ3v) is 4.04. The van der Waals surface area contributed by atoms with Crippen LogP contribution in [0.2, 0.25) is 0 Å². The molecule has 2 aromatic rings. The SMILES string of the molecule is O=C(Nc1nc(-c2cccc(F)c2)cs1)C1CCNC1. The standard InChI is InChI=1S/C14H14FN3OS/c15-11-3-1-2-9(6-11)12-8-20-14(17-12)18-13(19)10-4-5-16-7-10/h1-3,6,8,10,16H,4-5,7H2,(H,17,18,19). The lowest BCUT2D eigenvalue weighted by molar-refractivity contribution is -0.119. The molecule has 0 radical (unpaired) electrons. The van der Waals surface area contributed by atoms with Crippen molar-refractivity contribution in [3.05, 3.63) is 35.5 Å². The van der Waals surface area contributed by atoms with E-state index in [1.807, 2.05) is 5.38 Å². The van der Waals surface area contributed by atoms with E-state index in [1.54, 1.807) is 12.1 Å². The van der Waals surface area contributed by atoms with E-state index in [2.05, 4.69) is 15.6 Å². The molecule has 0 aliphatic carbocycles. The Bertz CT molecular complexity index is 622. The second kappa shape index (κ2) is 5.68. The molecule has 20 heavy (non-hydrogen) atoms. The minimum atomic E-state index is -0.293. The second-order valence-corrected chi connectivity index (χ2v) is 5.59. The fourth-order valence-electron chi connectivity index (χ4n) is 2.20. The number of aromatic nitrogens is 1. The van der Waals surface area contributed by atoms with E-state index in [4.69, 9.17) is 0 Å². The smallest absolute Gasteiger partial charge is 0.230 e. The van der Waals surface area contributed by atoms with Crippen LogP contribution in [0.15, 0.2) is 29.6 Å². The first kappa shape index (κ1) is 13.2. The Hall–Kier alpha value is -1.79. The number of nitrogens with one attached hydrogen (secondary N) is 2. The molecule has 1 aromatic heterocycles. The Kier molecular flexibility index (Phi) is 3.75. The molecule has 3 rings (SSSR count). The maximum Gasteiger partial charge on any atom is 0.230 e. The molecule has 0 bridgehead atoms. The summed E-state index contributed by atoms with van der Waals surface area (Å²) in [5.74, 6) is -0.287. The average molecular weight is 291 g/mol. The number of hydrogen-bond acceptors (Lipinski definition) is 4. The van der Waals surface area contributed by atoms with Crippen molar-refractivity contribution in [1.29, 1.82) is 0 Å². The number of halogens is 1. The monoisotopic (exact) mass is 291 g/mol. The van der Waals surface area contributed by atoms with Gasteiger partial charge in [-0.3, -0.25) is 4.79 Å². The maximum absolute atomic E-state index is 13.2. The Morgan fingerprint density at radius 3 is 3.15 bits per heavy atom. The number of benzene rings is 1. The Labute approximate surface area is 120 Å². The average Bonchev–Trinajstić information content (AvgIpc) is 3.10. The zero-order valence-corrected chi connectivity index (χ0v) is 11.5. The first-order chi connectivity index (χ1) is 9.72. The van der Waals surface area contributed by atoms with Gasteiger partial charge in [0.05, 0.1) is 11.6 Å². The zero-order valence-electron chi connectivity index (χ0n) is 10.7. The van der Waals surface area contributed by atoms with E-state index in [9.17, 15) is 9.18 Å². The molecule has 6 heteroatoms. The van der Waals surface area contributed by atoms with Gasteiger partial charge < -0.3 is 10.6 Å². The van der Waals surface area contributed by atoms with Crippen molar-refractivity contribution < 1.29 is 9.18 Å². The summed E-state index contributed by atoms with van der Waals surface area (Å²) in [5, 5.41) is 8.35. The summed E-state index contributed by atoms with van der Waals surface area (Å²) in [6, 6.07) is 6.27. The molecule has 1 aliphatic heterocycles. The minimum Gasteiger partial charge on any atom is -0.316 e. The van der Waals surface area contributed by atoms with Crippen LogP contribution in [0.4, 0.5) is 9.52 Å².